The summed E-state index contributed by atoms with van der Waals surface area (Å²) in [7, 11) is 0. The molecule has 2 aliphatic rings. The van der Waals surface area contributed by atoms with E-state index in [1.165, 1.54) is 51.5 Å². The van der Waals surface area contributed by atoms with E-state index in [0.717, 1.165) is 5.92 Å². The third kappa shape index (κ3) is 2.23. The van der Waals surface area contributed by atoms with E-state index in [1.807, 2.05) is 0 Å². The first-order chi connectivity index (χ1) is 6.38. The van der Waals surface area contributed by atoms with Crippen LogP contribution in [-0.2, 0) is 0 Å². The lowest BCUT2D eigenvalue weighted by atomic mass is 9.88. The van der Waals surface area contributed by atoms with Gasteiger partial charge >= 0.3 is 0 Å². The molecule has 2 fully saturated rings. The Morgan fingerprint density at radius 1 is 1.00 bits per heavy atom. The lowest BCUT2D eigenvalue weighted by molar-refractivity contribution is 0.284. The van der Waals surface area contributed by atoms with Gasteiger partial charge in [0.2, 0.25) is 0 Å². The van der Waals surface area contributed by atoms with Gasteiger partial charge in [-0.05, 0) is 38.1 Å². The van der Waals surface area contributed by atoms with Crippen LogP contribution in [0.2, 0.25) is 0 Å². The predicted octanol–water partition coefficient (Wildman–Crippen LogP) is 1.65. The molecule has 0 bridgehead atoms. The number of hydrogen-bond acceptors (Lipinski definition) is 2. The van der Waals surface area contributed by atoms with Crippen LogP contribution in [-0.4, -0.2) is 18.6 Å². The van der Waals surface area contributed by atoms with Crippen molar-refractivity contribution in [2.24, 2.45) is 11.7 Å². The van der Waals surface area contributed by atoms with Crippen molar-refractivity contribution in [2.45, 2.75) is 57.0 Å². The molecule has 1 heterocycles. The van der Waals surface area contributed by atoms with Crippen molar-refractivity contribution in [3.63, 3.8) is 0 Å². The second-order valence-corrected chi connectivity index (χ2v) is 4.68. The SMILES string of the molecule is NC(C1CCCC1)C1CCCCN1. The van der Waals surface area contributed by atoms with E-state index in [0.29, 0.717) is 12.1 Å². The molecule has 3 N–H and O–H groups in total. The van der Waals surface area contributed by atoms with Gasteiger partial charge in [-0.15, -0.1) is 0 Å². The summed E-state index contributed by atoms with van der Waals surface area (Å²) >= 11 is 0. The zero-order valence-corrected chi connectivity index (χ0v) is 8.47. The van der Waals surface area contributed by atoms with E-state index in [9.17, 15) is 0 Å². The van der Waals surface area contributed by atoms with Crippen LogP contribution in [0.1, 0.15) is 44.9 Å². The van der Waals surface area contributed by atoms with Crippen LogP contribution >= 0.6 is 0 Å². The number of rotatable bonds is 2. The van der Waals surface area contributed by atoms with Gasteiger partial charge in [-0.2, -0.15) is 0 Å². The molecule has 0 radical (unpaired) electrons. The molecular weight excluding hydrogens is 160 g/mol. The predicted molar refractivity (Wildman–Crippen MR) is 55.6 cm³/mol. The van der Waals surface area contributed by atoms with Crippen LogP contribution in [0.4, 0.5) is 0 Å². The number of hydrogen-bond donors (Lipinski definition) is 2. The number of nitrogens with one attached hydrogen (secondary N) is 1. The van der Waals surface area contributed by atoms with Crippen LogP contribution in [0.25, 0.3) is 0 Å². The fourth-order valence-electron chi connectivity index (χ4n) is 2.88. The van der Waals surface area contributed by atoms with E-state index in [2.05, 4.69) is 5.32 Å². The van der Waals surface area contributed by atoms with Crippen molar-refractivity contribution >= 4 is 0 Å². The summed E-state index contributed by atoms with van der Waals surface area (Å²) < 4.78 is 0. The molecule has 0 spiro atoms. The van der Waals surface area contributed by atoms with Crippen molar-refractivity contribution in [3.8, 4) is 0 Å². The second-order valence-electron chi connectivity index (χ2n) is 4.68. The smallest absolute Gasteiger partial charge is 0.0223 e. The molecule has 1 saturated heterocycles. The molecule has 0 aromatic heterocycles. The van der Waals surface area contributed by atoms with Crippen molar-refractivity contribution in [1.82, 2.24) is 5.32 Å². The van der Waals surface area contributed by atoms with Crippen LogP contribution in [0.3, 0.4) is 0 Å². The minimum atomic E-state index is 0.433. The van der Waals surface area contributed by atoms with Gasteiger partial charge in [0.05, 0.1) is 0 Å². The van der Waals surface area contributed by atoms with Crippen LogP contribution < -0.4 is 11.1 Å². The Morgan fingerprint density at radius 2 is 1.69 bits per heavy atom. The fourth-order valence-corrected chi connectivity index (χ4v) is 2.88. The van der Waals surface area contributed by atoms with Crippen molar-refractivity contribution in [2.75, 3.05) is 6.54 Å². The van der Waals surface area contributed by atoms with Gasteiger partial charge in [-0.3, -0.25) is 0 Å². The van der Waals surface area contributed by atoms with Crippen LogP contribution in [0.5, 0.6) is 0 Å². The Morgan fingerprint density at radius 3 is 2.31 bits per heavy atom. The molecule has 1 aliphatic heterocycles. The zero-order valence-electron chi connectivity index (χ0n) is 8.47. The summed E-state index contributed by atoms with van der Waals surface area (Å²) in [6.45, 7) is 1.19. The molecule has 2 unspecified atom stereocenters. The van der Waals surface area contributed by atoms with Crippen molar-refractivity contribution < 1.29 is 0 Å². The van der Waals surface area contributed by atoms with Gasteiger partial charge in [0.1, 0.15) is 0 Å². The standard InChI is InChI=1S/C11H22N2/c12-11(9-5-1-2-6-9)10-7-3-4-8-13-10/h9-11,13H,1-8,12H2. The molecule has 1 saturated carbocycles. The van der Waals surface area contributed by atoms with Crippen molar-refractivity contribution in [3.05, 3.63) is 0 Å². The maximum atomic E-state index is 6.29. The van der Waals surface area contributed by atoms with Gasteiger partial charge in [0, 0.05) is 12.1 Å². The minimum absolute atomic E-state index is 0.433. The normalized spacial score (nSPS) is 33.5. The van der Waals surface area contributed by atoms with Gasteiger partial charge in [-0.25, -0.2) is 0 Å². The first-order valence-electron chi connectivity index (χ1n) is 5.87. The molecular formula is C11H22N2. The molecule has 2 rings (SSSR count). The molecule has 1 aliphatic carbocycles. The summed E-state index contributed by atoms with van der Waals surface area (Å²) in [5.41, 5.74) is 6.29. The number of piperidine rings is 1. The second kappa shape index (κ2) is 4.43. The molecule has 2 atom stereocenters. The van der Waals surface area contributed by atoms with Gasteiger partial charge in [0.15, 0.2) is 0 Å². The average Bonchev–Trinajstić information content (AvgIpc) is 2.71. The minimum Gasteiger partial charge on any atom is -0.326 e. The Balaban J connectivity index is 1.83. The highest BCUT2D eigenvalue weighted by Gasteiger charge is 2.28. The molecule has 0 aromatic rings. The van der Waals surface area contributed by atoms with E-state index in [-0.39, 0.29) is 0 Å². The molecule has 2 nitrogen and oxygen atoms in total. The first-order valence-corrected chi connectivity index (χ1v) is 5.87. The summed E-state index contributed by atoms with van der Waals surface area (Å²) in [5, 5.41) is 3.57. The van der Waals surface area contributed by atoms with Gasteiger partial charge in [0.25, 0.3) is 0 Å². The quantitative estimate of drug-likeness (QED) is 0.681. The Bertz CT molecular complexity index is 146. The monoisotopic (exact) mass is 182 g/mol. The van der Waals surface area contributed by atoms with E-state index in [1.54, 1.807) is 0 Å². The van der Waals surface area contributed by atoms with E-state index < -0.39 is 0 Å². The maximum absolute atomic E-state index is 6.29. The molecule has 0 amide bonds. The maximum Gasteiger partial charge on any atom is 0.0223 e. The highest BCUT2D eigenvalue weighted by molar-refractivity contribution is 4.89. The molecule has 13 heavy (non-hydrogen) atoms. The van der Waals surface area contributed by atoms with E-state index in [4.69, 9.17) is 5.73 Å². The third-order valence-electron chi connectivity index (χ3n) is 3.76. The Labute approximate surface area is 81.3 Å². The average molecular weight is 182 g/mol. The number of nitrogens with two attached hydrogens (primary N) is 1. The Hall–Kier alpha value is -0.0800. The lowest BCUT2D eigenvalue weighted by Gasteiger charge is -2.32. The zero-order chi connectivity index (χ0) is 9.10. The van der Waals surface area contributed by atoms with E-state index >= 15 is 0 Å². The van der Waals surface area contributed by atoms with Gasteiger partial charge in [-0.1, -0.05) is 19.3 Å². The van der Waals surface area contributed by atoms with Crippen molar-refractivity contribution in [1.29, 1.82) is 0 Å². The lowest BCUT2D eigenvalue weighted by Crippen LogP contribution is -2.50. The summed E-state index contributed by atoms with van der Waals surface area (Å²) in [6.07, 6.45) is 9.58. The highest BCUT2D eigenvalue weighted by Crippen LogP contribution is 2.29. The van der Waals surface area contributed by atoms with Crippen LogP contribution in [0.15, 0.2) is 0 Å². The third-order valence-corrected chi connectivity index (χ3v) is 3.76. The first kappa shape index (κ1) is 9.47. The topological polar surface area (TPSA) is 38.0 Å². The van der Waals surface area contributed by atoms with Gasteiger partial charge < -0.3 is 11.1 Å². The molecule has 76 valence electrons. The molecule has 2 heteroatoms. The highest BCUT2D eigenvalue weighted by atomic mass is 15.0. The fraction of sp³-hybridized carbons (Fsp3) is 1.00. The van der Waals surface area contributed by atoms with Crippen LogP contribution in [0, 0.1) is 5.92 Å². The molecule has 0 aromatic carbocycles. The summed E-state index contributed by atoms with van der Waals surface area (Å²) in [4.78, 5) is 0. The summed E-state index contributed by atoms with van der Waals surface area (Å²) in [5.74, 6) is 0.815. The summed E-state index contributed by atoms with van der Waals surface area (Å²) in [6, 6.07) is 1.06. The Kier molecular flexibility index (Phi) is 3.23. The largest absolute Gasteiger partial charge is 0.326 e.